The molecule has 5 nitrogen and oxygen atoms in total. The predicted molar refractivity (Wildman–Crippen MR) is 107 cm³/mol. The largest absolute Gasteiger partial charge is 0.493 e. The molecule has 0 heterocycles. The quantitative estimate of drug-likeness (QED) is 0.706. The third-order valence-electron chi connectivity index (χ3n) is 4.68. The number of aryl methyl sites for hydroxylation is 3. The smallest absolute Gasteiger partial charge is 0.222 e. The van der Waals surface area contributed by atoms with E-state index in [0.29, 0.717) is 36.6 Å². The van der Waals surface area contributed by atoms with E-state index in [1.54, 1.807) is 26.2 Å². The second-order valence-electron chi connectivity index (χ2n) is 6.71. The van der Waals surface area contributed by atoms with Crippen LogP contribution in [0.5, 0.6) is 17.2 Å². The number of methoxy groups -OCH3 is 3. The molecule has 146 valence electrons. The number of carbonyl (C=O) groups is 1. The third kappa shape index (κ3) is 5.16. The van der Waals surface area contributed by atoms with Gasteiger partial charge >= 0.3 is 0 Å². The fraction of sp³-hybridized carbons (Fsp3) is 0.409. The van der Waals surface area contributed by atoms with E-state index in [1.165, 1.54) is 16.7 Å². The van der Waals surface area contributed by atoms with Crippen molar-refractivity contribution in [3.8, 4) is 17.2 Å². The molecule has 5 heteroatoms. The molecule has 2 aromatic carbocycles. The van der Waals surface area contributed by atoms with Crippen molar-refractivity contribution in [3.05, 3.63) is 52.6 Å². The van der Waals surface area contributed by atoms with Gasteiger partial charge in [0.25, 0.3) is 0 Å². The fourth-order valence-electron chi connectivity index (χ4n) is 3.09. The molecule has 0 bridgehead atoms. The van der Waals surface area contributed by atoms with Crippen molar-refractivity contribution in [2.45, 2.75) is 33.2 Å². The molecule has 0 N–H and O–H groups in total. The van der Waals surface area contributed by atoms with Crippen molar-refractivity contribution in [1.82, 2.24) is 4.90 Å². The fourth-order valence-corrected chi connectivity index (χ4v) is 3.09. The Morgan fingerprint density at radius 1 is 0.963 bits per heavy atom. The van der Waals surface area contributed by atoms with Gasteiger partial charge in [-0.25, -0.2) is 0 Å². The van der Waals surface area contributed by atoms with E-state index in [2.05, 4.69) is 32.0 Å². The van der Waals surface area contributed by atoms with Gasteiger partial charge in [0, 0.05) is 20.0 Å². The average Bonchev–Trinajstić information content (AvgIpc) is 2.66. The highest BCUT2D eigenvalue weighted by molar-refractivity contribution is 5.76. The van der Waals surface area contributed by atoms with E-state index < -0.39 is 0 Å². The Kier molecular flexibility index (Phi) is 7.11. The lowest BCUT2D eigenvalue weighted by Crippen LogP contribution is -2.26. The maximum atomic E-state index is 12.6. The molecule has 0 saturated carbocycles. The second kappa shape index (κ2) is 9.31. The van der Waals surface area contributed by atoms with Crippen LogP contribution in [0.3, 0.4) is 0 Å². The summed E-state index contributed by atoms with van der Waals surface area (Å²) in [7, 11) is 6.59. The number of rotatable bonds is 8. The standard InChI is InChI=1S/C22H29NO4/c1-15-7-9-18(16(2)11-15)14-23(3)21(24)10-8-17-12-19(25-4)22(27-6)20(13-17)26-5/h7,9,11-13H,8,10,14H2,1-6H3. The number of hydrogen-bond acceptors (Lipinski definition) is 4. The Hall–Kier alpha value is -2.69. The van der Waals surface area contributed by atoms with Crippen molar-refractivity contribution in [1.29, 1.82) is 0 Å². The first-order valence-corrected chi connectivity index (χ1v) is 8.98. The van der Waals surface area contributed by atoms with Gasteiger partial charge in [-0.1, -0.05) is 23.8 Å². The zero-order valence-corrected chi connectivity index (χ0v) is 17.1. The highest BCUT2D eigenvalue weighted by atomic mass is 16.5. The summed E-state index contributed by atoms with van der Waals surface area (Å²) in [5.74, 6) is 1.86. The van der Waals surface area contributed by atoms with E-state index in [4.69, 9.17) is 14.2 Å². The number of benzene rings is 2. The zero-order chi connectivity index (χ0) is 20.0. The molecular weight excluding hydrogens is 342 g/mol. The molecule has 0 aliphatic carbocycles. The van der Waals surface area contributed by atoms with Gasteiger partial charge < -0.3 is 19.1 Å². The van der Waals surface area contributed by atoms with Crippen LogP contribution >= 0.6 is 0 Å². The second-order valence-corrected chi connectivity index (χ2v) is 6.71. The Labute approximate surface area is 161 Å². The number of nitrogens with zero attached hydrogens (tertiary/aromatic N) is 1. The van der Waals surface area contributed by atoms with Crippen LogP contribution < -0.4 is 14.2 Å². The Balaban J connectivity index is 2.04. The molecule has 0 aliphatic heterocycles. The summed E-state index contributed by atoms with van der Waals surface area (Å²) in [4.78, 5) is 14.3. The first-order chi connectivity index (χ1) is 12.9. The molecular formula is C22H29NO4. The van der Waals surface area contributed by atoms with Gasteiger partial charge in [-0.15, -0.1) is 0 Å². The molecule has 0 saturated heterocycles. The van der Waals surface area contributed by atoms with Gasteiger partial charge in [0.15, 0.2) is 11.5 Å². The van der Waals surface area contributed by atoms with Crippen LogP contribution in [0.25, 0.3) is 0 Å². The maximum Gasteiger partial charge on any atom is 0.222 e. The van der Waals surface area contributed by atoms with Gasteiger partial charge in [0.1, 0.15) is 0 Å². The van der Waals surface area contributed by atoms with Crippen LogP contribution in [0, 0.1) is 13.8 Å². The summed E-state index contributed by atoms with van der Waals surface area (Å²) in [6.45, 7) is 4.76. The minimum atomic E-state index is 0.101. The topological polar surface area (TPSA) is 48.0 Å². The lowest BCUT2D eigenvalue weighted by atomic mass is 10.0. The molecule has 0 spiro atoms. The van der Waals surface area contributed by atoms with Gasteiger partial charge in [0.2, 0.25) is 11.7 Å². The van der Waals surface area contributed by atoms with Gasteiger partial charge in [-0.05, 0) is 49.1 Å². The molecule has 27 heavy (non-hydrogen) atoms. The lowest BCUT2D eigenvalue weighted by molar-refractivity contribution is -0.130. The van der Waals surface area contributed by atoms with Gasteiger partial charge in [-0.2, -0.15) is 0 Å². The Bertz CT molecular complexity index is 776. The lowest BCUT2D eigenvalue weighted by Gasteiger charge is -2.19. The van der Waals surface area contributed by atoms with Crippen molar-refractivity contribution in [2.24, 2.45) is 0 Å². The molecule has 1 amide bonds. The highest BCUT2D eigenvalue weighted by Crippen LogP contribution is 2.38. The number of hydrogen-bond donors (Lipinski definition) is 0. The molecule has 2 aromatic rings. The van der Waals surface area contributed by atoms with E-state index in [1.807, 2.05) is 19.2 Å². The van der Waals surface area contributed by atoms with Crippen LogP contribution in [-0.2, 0) is 17.8 Å². The Morgan fingerprint density at radius 3 is 2.11 bits per heavy atom. The van der Waals surface area contributed by atoms with E-state index in [0.717, 1.165) is 5.56 Å². The highest BCUT2D eigenvalue weighted by Gasteiger charge is 2.15. The van der Waals surface area contributed by atoms with Crippen LogP contribution in [0.1, 0.15) is 28.7 Å². The van der Waals surface area contributed by atoms with Crippen LogP contribution in [0.4, 0.5) is 0 Å². The van der Waals surface area contributed by atoms with Gasteiger partial charge in [-0.3, -0.25) is 4.79 Å². The van der Waals surface area contributed by atoms with Gasteiger partial charge in [0.05, 0.1) is 21.3 Å². The van der Waals surface area contributed by atoms with E-state index >= 15 is 0 Å². The monoisotopic (exact) mass is 371 g/mol. The number of carbonyl (C=O) groups excluding carboxylic acids is 1. The van der Waals surface area contributed by atoms with Crippen molar-refractivity contribution >= 4 is 5.91 Å². The normalized spacial score (nSPS) is 10.4. The first-order valence-electron chi connectivity index (χ1n) is 8.98. The summed E-state index contributed by atoms with van der Waals surface area (Å²) in [5, 5.41) is 0. The van der Waals surface area contributed by atoms with E-state index in [9.17, 15) is 4.79 Å². The SMILES string of the molecule is COc1cc(CCC(=O)N(C)Cc2ccc(C)cc2C)cc(OC)c1OC. The van der Waals surface area contributed by atoms with Crippen LogP contribution in [0.15, 0.2) is 30.3 Å². The summed E-state index contributed by atoms with van der Waals surface area (Å²) in [5.41, 5.74) is 4.58. The van der Waals surface area contributed by atoms with Crippen LogP contribution in [-0.4, -0.2) is 39.2 Å². The summed E-state index contributed by atoms with van der Waals surface area (Å²) in [6.07, 6.45) is 1.02. The minimum Gasteiger partial charge on any atom is -0.493 e. The third-order valence-corrected chi connectivity index (χ3v) is 4.68. The Morgan fingerprint density at radius 2 is 1.59 bits per heavy atom. The van der Waals surface area contributed by atoms with Crippen LogP contribution in [0.2, 0.25) is 0 Å². The molecule has 0 radical (unpaired) electrons. The molecule has 2 rings (SSSR count). The van der Waals surface area contributed by atoms with Crippen molar-refractivity contribution < 1.29 is 19.0 Å². The van der Waals surface area contributed by atoms with Crippen molar-refractivity contribution in [3.63, 3.8) is 0 Å². The summed E-state index contributed by atoms with van der Waals surface area (Å²) in [6, 6.07) is 10.1. The predicted octanol–water partition coefficient (Wildman–Crippen LogP) is 3.92. The van der Waals surface area contributed by atoms with Crippen molar-refractivity contribution in [2.75, 3.05) is 28.4 Å². The molecule has 0 aliphatic rings. The molecule has 0 atom stereocenters. The number of amides is 1. The zero-order valence-electron chi connectivity index (χ0n) is 17.1. The summed E-state index contributed by atoms with van der Waals surface area (Å²) >= 11 is 0. The molecule has 0 aromatic heterocycles. The molecule has 0 unspecified atom stereocenters. The summed E-state index contributed by atoms with van der Waals surface area (Å²) < 4.78 is 16.1. The average molecular weight is 371 g/mol. The maximum absolute atomic E-state index is 12.6. The molecule has 0 fully saturated rings. The number of ether oxygens (including phenoxy) is 3. The minimum absolute atomic E-state index is 0.101. The first kappa shape index (κ1) is 20.6. The van der Waals surface area contributed by atoms with E-state index in [-0.39, 0.29) is 5.91 Å².